The van der Waals surface area contributed by atoms with E-state index >= 15 is 0 Å². The summed E-state index contributed by atoms with van der Waals surface area (Å²) in [6.45, 7) is 3.75. The number of hydrogen-bond donors (Lipinski definition) is 1. The Bertz CT molecular complexity index is 558. The molecule has 0 amide bonds. The van der Waals surface area contributed by atoms with Crippen molar-refractivity contribution in [3.05, 3.63) is 53.7 Å². The highest BCUT2D eigenvalue weighted by Gasteiger charge is 2.07. The smallest absolute Gasteiger partial charge is 0.219 e. The van der Waals surface area contributed by atoms with Crippen molar-refractivity contribution in [2.24, 2.45) is 0 Å². The van der Waals surface area contributed by atoms with Crippen LogP contribution in [-0.2, 0) is 6.54 Å². The zero-order valence-corrected chi connectivity index (χ0v) is 11.2. The molecule has 3 nitrogen and oxygen atoms in total. The minimum Gasteiger partial charge on any atom is -0.436 e. The highest BCUT2D eigenvalue weighted by atomic mass is 19.1. The van der Waals surface area contributed by atoms with Crippen LogP contribution >= 0.6 is 0 Å². The van der Waals surface area contributed by atoms with E-state index in [4.69, 9.17) is 4.74 Å². The Morgan fingerprint density at radius 3 is 2.75 bits per heavy atom. The standard InChI is InChI=1S/C15H16F2N2O/c1-2-7-18-9-11-3-6-15(19-10-11)20-14-8-12(16)4-5-13(14)17/h3-6,8,10,18H,2,7,9H2,1H3. The molecular weight excluding hydrogens is 262 g/mol. The molecule has 20 heavy (non-hydrogen) atoms. The van der Waals surface area contributed by atoms with E-state index in [2.05, 4.69) is 17.2 Å². The van der Waals surface area contributed by atoms with Gasteiger partial charge in [0, 0.05) is 24.9 Å². The summed E-state index contributed by atoms with van der Waals surface area (Å²) in [4.78, 5) is 4.07. The van der Waals surface area contributed by atoms with Gasteiger partial charge < -0.3 is 10.1 Å². The third kappa shape index (κ3) is 3.99. The number of hydrogen-bond acceptors (Lipinski definition) is 3. The van der Waals surface area contributed by atoms with Crippen LogP contribution in [0.25, 0.3) is 0 Å². The fourth-order valence-corrected chi connectivity index (χ4v) is 1.65. The van der Waals surface area contributed by atoms with Gasteiger partial charge in [0.05, 0.1) is 0 Å². The fourth-order valence-electron chi connectivity index (χ4n) is 1.65. The monoisotopic (exact) mass is 278 g/mol. The molecular formula is C15H16F2N2O. The lowest BCUT2D eigenvalue weighted by Gasteiger charge is -2.07. The zero-order valence-electron chi connectivity index (χ0n) is 11.2. The molecule has 0 unspecified atom stereocenters. The number of nitrogens with one attached hydrogen (secondary N) is 1. The predicted molar refractivity (Wildman–Crippen MR) is 72.7 cm³/mol. The summed E-state index contributed by atoms with van der Waals surface area (Å²) in [6.07, 6.45) is 2.71. The van der Waals surface area contributed by atoms with Crippen molar-refractivity contribution in [2.75, 3.05) is 6.54 Å². The molecule has 0 fully saturated rings. The van der Waals surface area contributed by atoms with Gasteiger partial charge >= 0.3 is 0 Å². The van der Waals surface area contributed by atoms with Crippen molar-refractivity contribution < 1.29 is 13.5 Å². The van der Waals surface area contributed by atoms with E-state index in [1.54, 1.807) is 12.3 Å². The summed E-state index contributed by atoms with van der Waals surface area (Å²) in [6, 6.07) is 6.52. The number of rotatable bonds is 6. The molecule has 1 aromatic carbocycles. The van der Waals surface area contributed by atoms with Gasteiger partial charge in [0.15, 0.2) is 11.6 Å². The SMILES string of the molecule is CCCNCc1ccc(Oc2cc(F)ccc2F)nc1. The van der Waals surface area contributed by atoms with Crippen molar-refractivity contribution in [3.63, 3.8) is 0 Å². The number of ether oxygens (including phenoxy) is 1. The number of pyridine rings is 1. The van der Waals surface area contributed by atoms with Crippen LogP contribution in [0.15, 0.2) is 36.5 Å². The Balaban J connectivity index is 2.01. The van der Waals surface area contributed by atoms with Crippen LogP contribution in [-0.4, -0.2) is 11.5 Å². The minimum atomic E-state index is -0.623. The van der Waals surface area contributed by atoms with Gasteiger partial charge in [-0.05, 0) is 30.7 Å². The van der Waals surface area contributed by atoms with Crippen LogP contribution in [0.3, 0.4) is 0 Å². The van der Waals surface area contributed by atoms with E-state index in [9.17, 15) is 8.78 Å². The molecule has 1 heterocycles. The first kappa shape index (κ1) is 14.4. The highest BCUT2D eigenvalue weighted by molar-refractivity contribution is 5.29. The number of nitrogens with zero attached hydrogens (tertiary/aromatic N) is 1. The van der Waals surface area contributed by atoms with Crippen molar-refractivity contribution in [3.8, 4) is 11.6 Å². The maximum atomic E-state index is 13.4. The van der Waals surface area contributed by atoms with Gasteiger partial charge in [-0.2, -0.15) is 0 Å². The summed E-state index contributed by atoms with van der Waals surface area (Å²) < 4.78 is 31.6. The van der Waals surface area contributed by atoms with Gasteiger partial charge in [0.1, 0.15) is 5.82 Å². The first-order chi connectivity index (χ1) is 9.69. The number of aromatic nitrogens is 1. The molecule has 0 aliphatic heterocycles. The third-order valence-electron chi connectivity index (χ3n) is 2.66. The van der Waals surface area contributed by atoms with Crippen LogP contribution in [0.2, 0.25) is 0 Å². The lowest BCUT2D eigenvalue weighted by Crippen LogP contribution is -2.13. The number of benzene rings is 1. The molecule has 0 spiro atoms. The van der Waals surface area contributed by atoms with Gasteiger partial charge in [0.2, 0.25) is 5.88 Å². The van der Waals surface area contributed by atoms with E-state index in [1.165, 1.54) is 0 Å². The van der Waals surface area contributed by atoms with Gasteiger partial charge in [-0.25, -0.2) is 13.8 Å². The second-order valence-electron chi connectivity index (χ2n) is 4.36. The second kappa shape index (κ2) is 6.96. The van der Waals surface area contributed by atoms with Crippen molar-refractivity contribution in [1.29, 1.82) is 0 Å². The largest absolute Gasteiger partial charge is 0.436 e. The Morgan fingerprint density at radius 2 is 2.05 bits per heavy atom. The van der Waals surface area contributed by atoms with E-state index < -0.39 is 11.6 Å². The van der Waals surface area contributed by atoms with Gasteiger partial charge in [-0.15, -0.1) is 0 Å². The topological polar surface area (TPSA) is 34.1 Å². The first-order valence-electron chi connectivity index (χ1n) is 6.47. The van der Waals surface area contributed by atoms with Crippen LogP contribution < -0.4 is 10.1 Å². The molecule has 2 rings (SSSR count). The van der Waals surface area contributed by atoms with Crippen molar-refractivity contribution >= 4 is 0 Å². The molecule has 0 radical (unpaired) electrons. The lowest BCUT2D eigenvalue weighted by molar-refractivity contribution is 0.422. The quantitative estimate of drug-likeness (QED) is 0.819. The Labute approximate surface area is 116 Å². The second-order valence-corrected chi connectivity index (χ2v) is 4.36. The third-order valence-corrected chi connectivity index (χ3v) is 2.66. The average molecular weight is 278 g/mol. The Morgan fingerprint density at radius 1 is 1.20 bits per heavy atom. The van der Waals surface area contributed by atoms with E-state index in [1.807, 2.05) is 6.07 Å². The molecule has 2 aromatic rings. The molecule has 5 heteroatoms. The summed E-state index contributed by atoms with van der Waals surface area (Å²) in [5.41, 5.74) is 1.01. The maximum absolute atomic E-state index is 13.4. The molecule has 0 aliphatic rings. The van der Waals surface area contributed by atoms with E-state index in [-0.39, 0.29) is 11.6 Å². The lowest BCUT2D eigenvalue weighted by atomic mass is 10.3. The molecule has 0 bridgehead atoms. The highest BCUT2D eigenvalue weighted by Crippen LogP contribution is 2.23. The molecule has 0 atom stereocenters. The molecule has 0 saturated carbocycles. The summed E-state index contributed by atoms with van der Waals surface area (Å²) >= 11 is 0. The summed E-state index contributed by atoms with van der Waals surface area (Å²) in [5.74, 6) is -1.12. The van der Waals surface area contributed by atoms with E-state index in [0.717, 1.165) is 43.3 Å². The molecule has 0 aliphatic carbocycles. The van der Waals surface area contributed by atoms with E-state index in [0.29, 0.717) is 0 Å². The van der Waals surface area contributed by atoms with Crippen LogP contribution in [0.1, 0.15) is 18.9 Å². The van der Waals surface area contributed by atoms with Gasteiger partial charge in [-0.1, -0.05) is 13.0 Å². The summed E-state index contributed by atoms with van der Waals surface area (Å²) in [7, 11) is 0. The Hall–Kier alpha value is -2.01. The van der Waals surface area contributed by atoms with Gasteiger partial charge in [0.25, 0.3) is 0 Å². The van der Waals surface area contributed by atoms with Gasteiger partial charge in [-0.3, -0.25) is 0 Å². The fraction of sp³-hybridized carbons (Fsp3) is 0.267. The van der Waals surface area contributed by atoms with Crippen molar-refractivity contribution in [1.82, 2.24) is 10.3 Å². The van der Waals surface area contributed by atoms with Crippen LogP contribution in [0.4, 0.5) is 8.78 Å². The maximum Gasteiger partial charge on any atom is 0.219 e. The molecule has 0 saturated heterocycles. The Kier molecular flexibility index (Phi) is 5.01. The van der Waals surface area contributed by atoms with Crippen LogP contribution in [0.5, 0.6) is 11.6 Å². The summed E-state index contributed by atoms with van der Waals surface area (Å²) in [5, 5.41) is 3.25. The molecule has 1 N–H and O–H groups in total. The predicted octanol–water partition coefficient (Wildman–Crippen LogP) is 3.65. The minimum absolute atomic E-state index is 0.172. The molecule has 106 valence electrons. The van der Waals surface area contributed by atoms with Crippen LogP contribution in [0, 0.1) is 11.6 Å². The molecule has 1 aromatic heterocycles. The normalized spacial score (nSPS) is 10.6. The average Bonchev–Trinajstić information content (AvgIpc) is 2.45. The zero-order chi connectivity index (χ0) is 14.4. The first-order valence-corrected chi connectivity index (χ1v) is 6.47. The van der Waals surface area contributed by atoms with Crippen molar-refractivity contribution in [2.45, 2.75) is 19.9 Å². The number of halogens is 2.